The van der Waals surface area contributed by atoms with Gasteiger partial charge >= 0.3 is 5.97 Å². The van der Waals surface area contributed by atoms with Crippen LogP contribution in [-0.2, 0) is 23.7 Å². The van der Waals surface area contributed by atoms with Gasteiger partial charge in [-0.2, -0.15) is 0 Å². The van der Waals surface area contributed by atoms with Crippen molar-refractivity contribution in [1.29, 1.82) is 0 Å². The summed E-state index contributed by atoms with van der Waals surface area (Å²) in [6.07, 6.45) is 1.28. The van der Waals surface area contributed by atoms with Gasteiger partial charge in [-0.3, -0.25) is 4.79 Å². The molecule has 0 N–H and O–H groups in total. The zero-order valence-corrected chi connectivity index (χ0v) is 12.6. The lowest BCUT2D eigenvalue weighted by molar-refractivity contribution is -0.145. The molecule has 6 heteroatoms. The molecule has 0 aliphatic carbocycles. The molecule has 5 nitrogen and oxygen atoms in total. The van der Waals surface area contributed by atoms with E-state index in [1.54, 1.807) is 0 Å². The molecule has 0 aromatic heterocycles. The van der Waals surface area contributed by atoms with Gasteiger partial charge < -0.3 is 18.9 Å². The molecule has 0 amide bonds. The second kappa shape index (κ2) is 14.9. The third kappa shape index (κ3) is 13.9. The summed E-state index contributed by atoms with van der Waals surface area (Å²) in [7, 11) is 0. The Labute approximate surface area is 117 Å². The van der Waals surface area contributed by atoms with Crippen molar-refractivity contribution < 1.29 is 23.7 Å². The summed E-state index contributed by atoms with van der Waals surface area (Å²) in [6, 6.07) is 0. The molecular formula is C12H23BrO5. The molecule has 0 rings (SSSR count). The fraction of sp³-hybridized carbons (Fsp3) is 0.917. The van der Waals surface area contributed by atoms with E-state index < -0.39 is 0 Å². The number of carbonyl (C=O) groups is 1. The quantitative estimate of drug-likeness (QED) is 0.293. The van der Waals surface area contributed by atoms with Crippen molar-refractivity contribution in [3.63, 3.8) is 0 Å². The minimum absolute atomic E-state index is 0.165. The van der Waals surface area contributed by atoms with Crippen LogP contribution in [0.5, 0.6) is 0 Å². The number of esters is 1. The van der Waals surface area contributed by atoms with E-state index in [2.05, 4.69) is 15.9 Å². The summed E-state index contributed by atoms with van der Waals surface area (Å²) < 4.78 is 20.6. The molecule has 0 heterocycles. The topological polar surface area (TPSA) is 54.0 Å². The Morgan fingerprint density at radius 2 is 1.39 bits per heavy atom. The standard InChI is InChI=1S/C12H23BrO5/c1-2-3-12(14)18-11-10-17-9-8-16-7-6-15-5-4-13/h2-11H2,1H3. The van der Waals surface area contributed by atoms with Crippen molar-refractivity contribution in [2.75, 3.05) is 51.6 Å². The van der Waals surface area contributed by atoms with Gasteiger partial charge in [0.25, 0.3) is 0 Å². The van der Waals surface area contributed by atoms with E-state index in [0.717, 1.165) is 11.8 Å². The second-order valence-electron chi connectivity index (χ2n) is 3.50. The minimum atomic E-state index is -0.165. The van der Waals surface area contributed by atoms with E-state index >= 15 is 0 Å². The van der Waals surface area contributed by atoms with Crippen molar-refractivity contribution >= 4 is 21.9 Å². The summed E-state index contributed by atoms with van der Waals surface area (Å²) >= 11 is 3.27. The average molecular weight is 327 g/mol. The summed E-state index contributed by atoms with van der Waals surface area (Å²) in [5.41, 5.74) is 0. The van der Waals surface area contributed by atoms with E-state index in [4.69, 9.17) is 18.9 Å². The zero-order valence-electron chi connectivity index (χ0n) is 11.0. The lowest BCUT2D eigenvalue weighted by Gasteiger charge is -2.07. The van der Waals surface area contributed by atoms with Gasteiger partial charge in [0, 0.05) is 11.8 Å². The first-order valence-electron chi connectivity index (χ1n) is 6.26. The smallest absolute Gasteiger partial charge is 0.305 e. The van der Waals surface area contributed by atoms with Crippen LogP contribution in [0.4, 0.5) is 0 Å². The Bertz CT molecular complexity index is 189. The predicted octanol–water partition coefficient (Wildman–Crippen LogP) is 1.77. The lowest BCUT2D eigenvalue weighted by Crippen LogP contribution is -2.13. The fourth-order valence-corrected chi connectivity index (χ4v) is 1.32. The van der Waals surface area contributed by atoms with Gasteiger partial charge in [-0.15, -0.1) is 0 Å². The van der Waals surface area contributed by atoms with E-state index in [1.807, 2.05) is 6.92 Å². The Balaban J connectivity index is 3.01. The molecule has 18 heavy (non-hydrogen) atoms. The van der Waals surface area contributed by atoms with Crippen LogP contribution in [0.3, 0.4) is 0 Å². The minimum Gasteiger partial charge on any atom is -0.463 e. The maximum atomic E-state index is 11.0. The average Bonchev–Trinajstić information content (AvgIpc) is 2.36. The molecule has 0 aromatic carbocycles. The molecule has 0 bridgehead atoms. The molecule has 0 aromatic rings. The highest BCUT2D eigenvalue weighted by Gasteiger charge is 1.99. The molecule has 108 valence electrons. The Morgan fingerprint density at radius 3 is 1.89 bits per heavy atom. The molecule has 0 unspecified atom stereocenters. The maximum absolute atomic E-state index is 11.0. The van der Waals surface area contributed by atoms with Crippen molar-refractivity contribution in [2.24, 2.45) is 0 Å². The van der Waals surface area contributed by atoms with Crippen LogP contribution in [-0.4, -0.2) is 57.5 Å². The molecule has 0 radical (unpaired) electrons. The number of hydrogen-bond acceptors (Lipinski definition) is 5. The van der Waals surface area contributed by atoms with Gasteiger partial charge in [-0.05, 0) is 6.42 Å². The third-order valence-electron chi connectivity index (χ3n) is 1.91. The number of alkyl halides is 1. The first-order valence-corrected chi connectivity index (χ1v) is 7.38. The molecule has 0 saturated heterocycles. The number of ether oxygens (including phenoxy) is 4. The first kappa shape index (κ1) is 17.8. The highest BCUT2D eigenvalue weighted by Crippen LogP contribution is 1.91. The van der Waals surface area contributed by atoms with Gasteiger partial charge in [0.2, 0.25) is 0 Å². The molecule has 0 atom stereocenters. The van der Waals surface area contributed by atoms with Crippen molar-refractivity contribution in [3.8, 4) is 0 Å². The van der Waals surface area contributed by atoms with Crippen LogP contribution < -0.4 is 0 Å². The van der Waals surface area contributed by atoms with Crippen molar-refractivity contribution in [2.45, 2.75) is 19.8 Å². The number of hydrogen-bond donors (Lipinski definition) is 0. The first-order chi connectivity index (χ1) is 8.81. The molecular weight excluding hydrogens is 304 g/mol. The van der Waals surface area contributed by atoms with E-state index in [-0.39, 0.29) is 5.97 Å². The Kier molecular flexibility index (Phi) is 14.7. The largest absolute Gasteiger partial charge is 0.463 e. The van der Waals surface area contributed by atoms with Crippen LogP contribution in [0, 0.1) is 0 Å². The molecule has 0 saturated carbocycles. The third-order valence-corrected chi connectivity index (χ3v) is 2.23. The van der Waals surface area contributed by atoms with Crippen LogP contribution in [0.1, 0.15) is 19.8 Å². The number of carbonyl (C=O) groups excluding carboxylic acids is 1. The fourth-order valence-electron chi connectivity index (χ4n) is 1.09. The molecule has 0 fully saturated rings. The van der Waals surface area contributed by atoms with Crippen LogP contribution in [0.25, 0.3) is 0 Å². The highest BCUT2D eigenvalue weighted by atomic mass is 79.9. The van der Waals surface area contributed by atoms with Crippen LogP contribution in [0.15, 0.2) is 0 Å². The summed E-state index contributed by atoms with van der Waals surface area (Å²) in [6.45, 7) is 5.57. The van der Waals surface area contributed by atoms with Gasteiger partial charge in [-0.1, -0.05) is 22.9 Å². The van der Waals surface area contributed by atoms with E-state index in [1.165, 1.54) is 0 Å². The monoisotopic (exact) mass is 326 g/mol. The van der Waals surface area contributed by atoms with E-state index in [0.29, 0.717) is 52.7 Å². The predicted molar refractivity (Wildman–Crippen MR) is 72.1 cm³/mol. The van der Waals surface area contributed by atoms with Crippen LogP contribution >= 0.6 is 15.9 Å². The Morgan fingerprint density at radius 1 is 0.889 bits per heavy atom. The van der Waals surface area contributed by atoms with Crippen molar-refractivity contribution in [1.82, 2.24) is 0 Å². The summed E-state index contributed by atoms with van der Waals surface area (Å²) in [5, 5.41) is 0.840. The number of halogens is 1. The van der Waals surface area contributed by atoms with Gasteiger partial charge in [0.1, 0.15) is 6.61 Å². The highest BCUT2D eigenvalue weighted by molar-refractivity contribution is 9.09. The maximum Gasteiger partial charge on any atom is 0.305 e. The lowest BCUT2D eigenvalue weighted by atomic mass is 10.3. The van der Waals surface area contributed by atoms with Gasteiger partial charge in [0.15, 0.2) is 0 Å². The molecule has 0 aliphatic rings. The zero-order chi connectivity index (χ0) is 13.5. The molecule has 0 aliphatic heterocycles. The second-order valence-corrected chi connectivity index (χ2v) is 4.29. The summed E-state index contributed by atoms with van der Waals surface area (Å²) in [5.74, 6) is -0.165. The van der Waals surface area contributed by atoms with Gasteiger partial charge in [-0.25, -0.2) is 0 Å². The number of rotatable bonds is 13. The van der Waals surface area contributed by atoms with Gasteiger partial charge in [0.05, 0.1) is 39.6 Å². The van der Waals surface area contributed by atoms with Crippen LogP contribution in [0.2, 0.25) is 0 Å². The Hall–Kier alpha value is -0.170. The molecule has 0 spiro atoms. The SMILES string of the molecule is CCCC(=O)OCCOCCOCCOCCBr. The summed E-state index contributed by atoms with van der Waals surface area (Å²) in [4.78, 5) is 11.0. The van der Waals surface area contributed by atoms with Crippen molar-refractivity contribution in [3.05, 3.63) is 0 Å². The normalized spacial score (nSPS) is 10.6. The van der Waals surface area contributed by atoms with E-state index in [9.17, 15) is 4.79 Å².